The van der Waals surface area contributed by atoms with Gasteiger partial charge < -0.3 is 15.4 Å². The molecule has 8 nitrogen and oxygen atoms in total. The number of aromatic nitrogens is 2. The molecule has 0 unspecified atom stereocenters. The van der Waals surface area contributed by atoms with Crippen LogP contribution in [-0.2, 0) is 24.2 Å². The average molecular weight is 508 g/mol. The van der Waals surface area contributed by atoms with Crippen LogP contribution < -0.4 is 5.32 Å². The van der Waals surface area contributed by atoms with Crippen molar-refractivity contribution >= 4 is 44.0 Å². The van der Waals surface area contributed by atoms with Gasteiger partial charge in [-0.25, -0.2) is 0 Å². The molecule has 31 heavy (non-hydrogen) atoms. The number of aryl methyl sites for hydroxylation is 1. The molecule has 166 valence electrons. The average Bonchev–Trinajstić information content (AvgIpc) is 3.18. The smallest absolute Gasteiger partial charge is 0.358 e. The summed E-state index contributed by atoms with van der Waals surface area (Å²) in [7, 11) is 0. The molecule has 0 fully saturated rings. The van der Waals surface area contributed by atoms with Crippen molar-refractivity contribution in [2.45, 2.75) is 66.3 Å². The van der Waals surface area contributed by atoms with Crippen LogP contribution >= 0.6 is 27.3 Å². The number of nitrogens with one attached hydrogen (secondary N) is 1. The fraction of sp³-hybridized carbons (Fsp3) is 0.571. The Hall–Kier alpha value is -2.25. The zero-order chi connectivity index (χ0) is 22.9. The number of nitrogens with zero attached hydrogens (tertiary/aromatic N) is 4. The van der Waals surface area contributed by atoms with Crippen LogP contribution in [0.4, 0.5) is 10.8 Å². The third kappa shape index (κ3) is 4.99. The summed E-state index contributed by atoms with van der Waals surface area (Å²) < 4.78 is 1.89. The predicted molar refractivity (Wildman–Crippen MR) is 123 cm³/mol. The fourth-order valence-corrected chi connectivity index (χ4v) is 5.68. The summed E-state index contributed by atoms with van der Waals surface area (Å²) in [5.74, 6) is 0.175. The number of thiophene rings is 1. The molecule has 10 heteroatoms. The highest BCUT2D eigenvalue weighted by Crippen LogP contribution is 2.44. The molecule has 1 N–H and O–H groups in total. The molecule has 3 rings (SSSR count). The van der Waals surface area contributed by atoms with Gasteiger partial charge in [-0.05, 0) is 70.4 Å². The van der Waals surface area contributed by atoms with Gasteiger partial charge in [-0.1, -0.05) is 20.8 Å². The molecule has 0 radical (unpaired) electrons. The van der Waals surface area contributed by atoms with Crippen LogP contribution in [0.15, 0.2) is 4.47 Å². The van der Waals surface area contributed by atoms with E-state index in [1.54, 1.807) is 6.92 Å². The first-order chi connectivity index (χ1) is 14.5. The van der Waals surface area contributed by atoms with E-state index < -0.39 is 4.92 Å². The molecule has 0 bridgehead atoms. The van der Waals surface area contributed by atoms with Crippen LogP contribution in [0, 0.1) is 39.7 Å². The van der Waals surface area contributed by atoms with E-state index in [2.05, 4.69) is 53.2 Å². The molecular weight excluding hydrogens is 482 g/mol. The maximum atomic E-state index is 12.5. The van der Waals surface area contributed by atoms with Crippen LogP contribution in [0.25, 0.3) is 0 Å². The van der Waals surface area contributed by atoms with E-state index in [4.69, 9.17) is 0 Å². The second-order valence-corrected chi connectivity index (χ2v) is 10.9. The van der Waals surface area contributed by atoms with Gasteiger partial charge in [-0.3, -0.25) is 4.79 Å². The van der Waals surface area contributed by atoms with Crippen LogP contribution in [-0.4, -0.2) is 20.6 Å². The number of carbonyl (C=O) groups excluding carboxylic acids is 1. The Morgan fingerprint density at radius 1 is 1.48 bits per heavy atom. The summed E-state index contributed by atoms with van der Waals surface area (Å²) in [6.07, 6.45) is 3.60. The summed E-state index contributed by atoms with van der Waals surface area (Å²) in [5, 5.41) is 28.2. The lowest BCUT2D eigenvalue weighted by Crippen LogP contribution is -2.26. The Labute approximate surface area is 193 Å². The minimum atomic E-state index is -0.535. The van der Waals surface area contributed by atoms with Gasteiger partial charge >= 0.3 is 5.82 Å². The van der Waals surface area contributed by atoms with E-state index in [0.717, 1.165) is 24.8 Å². The molecule has 1 aliphatic rings. The van der Waals surface area contributed by atoms with Crippen molar-refractivity contribution < 1.29 is 9.72 Å². The molecule has 0 saturated heterocycles. The number of fused-ring (bicyclic) bond motifs is 1. The van der Waals surface area contributed by atoms with Gasteiger partial charge in [0.2, 0.25) is 5.91 Å². The second-order valence-electron chi connectivity index (χ2n) is 8.98. The van der Waals surface area contributed by atoms with Crippen molar-refractivity contribution in [1.29, 1.82) is 5.26 Å². The molecule has 2 aromatic heterocycles. The zero-order valence-corrected chi connectivity index (χ0v) is 20.5. The largest absolute Gasteiger partial charge is 0.404 e. The molecular formula is C21H26BrN5O3S. The third-order valence-corrected chi connectivity index (χ3v) is 8.02. The Kier molecular flexibility index (Phi) is 6.86. The number of nitriles is 1. The van der Waals surface area contributed by atoms with E-state index in [0.29, 0.717) is 39.6 Å². The van der Waals surface area contributed by atoms with E-state index >= 15 is 0 Å². The zero-order valence-electron chi connectivity index (χ0n) is 18.1. The Morgan fingerprint density at radius 2 is 2.19 bits per heavy atom. The number of halogens is 1. The molecule has 1 atom stereocenters. The Balaban J connectivity index is 1.63. The topological polar surface area (TPSA) is 114 Å². The summed E-state index contributed by atoms with van der Waals surface area (Å²) in [6, 6.07) is 2.28. The van der Waals surface area contributed by atoms with E-state index in [9.17, 15) is 20.2 Å². The van der Waals surface area contributed by atoms with Crippen molar-refractivity contribution in [3.05, 3.63) is 36.3 Å². The number of anilines is 1. The Bertz CT molecular complexity index is 1060. The van der Waals surface area contributed by atoms with Crippen LogP contribution in [0.5, 0.6) is 0 Å². The number of hydrogen-bond acceptors (Lipinski definition) is 6. The molecule has 1 aliphatic carbocycles. The fourth-order valence-electron chi connectivity index (χ4n) is 3.95. The SMILES string of the molecule is Cc1c(Br)c([N+](=O)[O-])nn1CCCC(=O)Nc1sc2c(c1C#N)CC[C@H](C(C)(C)C)C2. The lowest BCUT2D eigenvalue weighted by atomic mass is 9.72. The molecule has 0 spiro atoms. The van der Waals surface area contributed by atoms with Crippen molar-refractivity contribution in [1.82, 2.24) is 9.78 Å². The third-order valence-electron chi connectivity index (χ3n) is 5.92. The Morgan fingerprint density at radius 3 is 2.77 bits per heavy atom. The molecule has 0 aliphatic heterocycles. The van der Waals surface area contributed by atoms with Crippen LogP contribution in [0.1, 0.15) is 61.7 Å². The van der Waals surface area contributed by atoms with Gasteiger partial charge in [-0.2, -0.15) is 9.94 Å². The van der Waals surface area contributed by atoms with Crippen molar-refractivity contribution in [3.63, 3.8) is 0 Å². The predicted octanol–water partition coefficient (Wildman–Crippen LogP) is 5.37. The summed E-state index contributed by atoms with van der Waals surface area (Å²) in [5.41, 5.74) is 2.56. The van der Waals surface area contributed by atoms with Crippen molar-refractivity contribution in [2.75, 3.05) is 5.32 Å². The monoisotopic (exact) mass is 507 g/mol. The number of rotatable bonds is 6. The quantitative estimate of drug-likeness (QED) is 0.417. The number of hydrogen-bond donors (Lipinski definition) is 1. The van der Waals surface area contributed by atoms with Crippen molar-refractivity contribution in [3.8, 4) is 6.07 Å². The van der Waals surface area contributed by atoms with Crippen LogP contribution in [0.2, 0.25) is 0 Å². The molecule has 2 aromatic rings. The lowest BCUT2D eigenvalue weighted by molar-refractivity contribution is -0.390. The summed E-state index contributed by atoms with van der Waals surface area (Å²) >= 11 is 4.72. The molecule has 0 saturated carbocycles. The highest BCUT2D eigenvalue weighted by atomic mass is 79.9. The molecule has 2 heterocycles. The molecule has 1 amide bonds. The van der Waals surface area contributed by atoms with E-state index in [-0.39, 0.29) is 23.6 Å². The second kappa shape index (κ2) is 9.09. The van der Waals surface area contributed by atoms with Gasteiger partial charge in [0.25, 0.3) is 0 Å². The highest BCUT2D eigenvalue weighted by molar-refractivity contribution is 9.10. The first-order valence-corrected chi connectivity index (χ1v) is 11.9. The van der Waals surface area contributed by atoms with Gasteiger partial charge in [0.15, 0.2) is 0 Å². The summed E-state index contributed by atoms with van der Waals surface area (Å²) in [6.45, 7) is 8.88. The lowest BCUT2D eigenvalue weighted by Gasteiger charge is -2.33. The van der Waals surface area contributed by atoms with Crippen LogP contribution in [0.3, 0.4) is 0 Å². The normalized spacial score (nSPS) is 15.9. The maximum absolute atomic E-state index is 12.5. The summed E-state index contributed by atoms with van der Waals surface area (Å²) in [4.78, 5) is 24.2. The van der Waals surface area contributed by atoms with Gasteiger partial charge in [-0.15, -0.1) is 11.3 Å². The van der Waals surface area contributed by atoms with Gasteiger partial charge in [0, 0.05) is 11.3 Å². The number of nitro groups is 1. The van der Waals surface area contributed by atoms with E-state index in [1.807, 2.05) is 0 Å². The van der Waals surface area contributed by atoms with E-state index in [1.165, 1.54) is 20.9 Å². The van der Waals surface area contributed by atoms with Gasteiger partial charge in [0.1, 0.15) is 15.5 Å². The van der Waals surface area contributed by atoms with Crippen molar-refractivity contribution in [2.24, 2.45) is 11.3 Å². The number of amides is 1. The molecule has 0 aromatic carbocycles. The standard InChI is InChI=1S/C21H26BrN5O3S/c1-12-18(22)19(27(29)30)25-26(12)9-5-6-17(28)24-20-15(11-23)14-8-7-13(21(2,3)4)10-16(14)31-20/h13H,5-10H2,1-4H3,(H,24,28)/t13-/m0/s1. The first kappa shape index (κ1) is 23.4. The highest BCUT2D eigenvalue weighted by Gasteiger charge is 2.32. The van der Waals surface area contributed by atoms with Gasteiger partial charge in [0.05, 0.1) is 22.9 Å². The first-order valence-electron chi connectivity index (χ1n) is 10.2. The number of carbonyl (C=O) groups is 1. The minimum Gasteiger partial charge on any atom is -0.358 e. The minimum absolute atomic E-state index is 0.166. The maximum Gasteiger partial charge on any atom is 0.404 e.